The van der Waals surface area contributed by atoms with E-state index >= 15 is 0 Å². The molecule has 2 aromatic rings. The molecule has 2 fully saturated rings. The highest BCUT2D eigenvalue weighted by molar-refractivity contribution is 7.80. The van der Waals surface area contributed by atoms with E-state index in [9.17, 15) is 19.2 Å². The van der Waals surface area contributed by atoms with Crippen molar-refractivity contribution in [2.75, 3.05) is 44.7 Å². The Labute approximate surface area is 245 Å². The van der Waals surface area contributed by atoms with Gasteiger partial charge in [0.15, 0.2) is 5.78 Å². The van der Waals surface area contributed by atoms with E-state index in [2.05, 4.69) is 42.2 Å². The molecular formula is C30H35FN6O3S. The molecule has 3 heterocycles. The van der Waals surface area contributed by atoms with Crippen LogP contribution in [0.5, 0.6) is 6.01 Å². The van der Waals surface area contributed by atoms with E-state index in [1.165, 1.54) is 12.1 Å². The number of amides is 1. The highest BCUT2D eigenvalue weighted by Crippen LogP contribution is 2.36. The summed E-state index contributed by atoms with van der Waals surface area (Å²) in [7, 11) is 2.06. The van der Waals surface area contributed by atoms with Crippen LogP contribution in [0, 0.1) is 23.1 Å². The van der Waals surface area contributed by atoms with Crippen molar-refractivity contribution < 1.29 is 18.7 Å². The zero-order valence-corrected chi connectivity index (χ0v) is 24.2. The molecule has 41 heavy (non-hydrogen) atoms. The fraction of sp³-hybridized carbons (Fsp3) is 0.500. The molecule has 0 radical (unpaired) electrons. The lowest BCUT2D eigenvalue weighted by Gasteiger charge is -2.41. The number of likely N-dealkylation sites (tertiary alicyclic amines) is 1. The Kier molecular flexibility index (Phi) is 8.90. The van der Waals surface area contributed by atoms with Crippen molar-refractivity contribution in [3.8, 4) is 12.1 Å². The SMILES string of the molecule is C=CC(=O)N1CCN(c2nc(OCC3CCCN3C)nc3c2CC[C@@H](Cc2c(F)cccc2S)C3=O)CC1CC#N. The summed E-state index contributed by atoms with van der Waals surface area (Å²) < 4.78 is 20.7. The molecule has 1 aliphatic carbocycles. The number of benzene rings is 1. The van der Waals surface area contributed by atoms with Crippen molar-refractivity contribution in [2.45, 2.75) is 55.5 Å². The predicted molar refractivity (Wildman–Crippen MR) is 155 cm³/mol. The number of ether oxygens (including phenoxy) is 1. The minimum atomic E-state index is -0.449. The van der Waals surface area contributed by atoms with Gasteiger partial charge in [0.25, 0.3) is 0 Å². The van der Waals surface area contributed by atoms with Crippen molar-refractivity contribution in [3.63, 3.8) is 0 Å². The number of hydrogen-bond donors (Lipinski definition) is 1. The molecule has 216 valence electrons. The fourth-order valence-corrected chi connectivity index (χ4v) is 6.43. The van der Waals surface area contributed by atoms with Crippen LogP contribution < -0.4 is 9.64 Å². The number of piperazine rings is 1. The number of nitriles is 1. The maximum absolute atomic E-state index is 14.6. The minimum Gasteiger partial charge on any atom is -0.462 e. The maximum atomic E-state index is 14.6. The van der Waals surface area contributed by atoms with Crippen LogP contribution in [0.3, 0.4) is 0 Å². The van der Waals surface area contributed by atoms with Crippen LogP contribution >= 0.6 is 12.6 Å². The topological polar surface area (TPSA) is 103 Å². The van der Waals surface area contributed by atoms with E-state index in [1.807, 2.05) is 4.90 Å². The Bertz CT molecular complexity index is 1360. The van der Waals surface area contributed by atoms with Crippen LogP contribution in [0.15, 0.2) is 35.7 Å². The van der Waals surface area contributed by atoms with Gasteiger partial charge < -0.3 is 19.4 Å². The van der Waals surface area contributed by atoms with Crippen molar-refractivity contribution >= 4 is 30.1 Å². The average Bonchev–Trinajstić information content (AvgIpc) is 3.39. The van der Waals surface area contributed by atoms with Crippen molar-refractivity contribution in [2.24, 2.45) is 5.92 Å². The molecule has 2 unspecified atom stereocenters. The number of aromatic nitrogens is 2. The standard InChI is InChI=1S/C30H35FN6O3S/c1-3-26(38)37-15-14-36(17-20(37)11-12-32)29-22-10-9-19(16-23-24(31)7-4-8-25(23)41)28(39)27(22)33-30(34-29)40-18-21-6-5-13-35(21)2/h3-4,7-8,19-21,41H,1,5-6,9-11,13-18H2,2H3/t19-,20?,21?/m0/s1. The first-order valence-electron chi connectivity index (χ1n) is 14.1. The number of hydrogen-bond acceptors (Lipinski definition) is 9. The second-order valence-electron chi connectivity index (χ2n) is 11.0. The highest BCUT2D eigenvalue weighted by Gasteiger charge is 2.37. The number of carbonyl (C=O) groups is 2. The van der Waals surface area contributed by atoms with Gasteiger partial charge in [-0.15, -0.1) is 12.6 Å². The summed E-state index contributed by atoms with van der Waals surface area (Å²) in [5.74, 6) is -0.599. The molecule has 11 heteroatoms. The van der Waals surface area contributed by atoms with Gasteiger partial charge in [0.1, 0.15) is 23.9 Å². The summed E-state index contributed by atoms with van der Waals surface area (Å²) in [5.41, 5.74) is 1.46. The Balaban J connectivity index is 1.47. The van der Waals surface area contributed by atoms with Gasteiger partial charge in [0.2, 0.25) is 5.91 Å². The third kappa shape index (κ3) is 6.09. The second kappa shape index (κ2) is 12.6. The zero-order valence-electron chi connectivity index (χ0n) is 23.3. The number of likely N-dealkylation sites (N-methyl/N-ethyl adjacent to an activating group) is 1. The molecule has 5 rings (SSSR count). The minimum absolute atomic E-state index is 0.134. The molecule has 3 atom stereocenters. The summed E-state index contributed by atoms with van der Waals surface area (Å²) in [4.78, 5) is 42.2. The monoisotopic (exact) mass is 578 g/mol. The lowest BCUT2D eigenvalue weighted by molar-refractivity contribution is -0.128. The van der Waals surface area contributed by atoms with Gasteiger partial charge in [-0.25, -0.2) is 4.39 Å². The van der Waals surface area contributed by atoms with E-state index in [-0.39, 0.29) is 48.4 Å². The number of thiol groups is 1. The number of rotatable bonds is 8. The summed E-state index contributed by atoms with van der Waals surface area (Å²) >= 11 is 4.42. The highest BCUT2D eigenvalue weighted by atomic mass is 32.1. The lowest BCUT2D eigenvalue weighted by atomic mass is 9.82. The van der Waals surface area contributed by atoms with Crippen LogP contribution in [0.1, 0.15) is 47.3 Å². The molecule has 2 aliphatic heterocycles. The van der Waals surface area contributed by atoms with Crippen molar-refractivity contribution in [1.29, 1.82) is 5.26 Å². The molecule has 9 nitrogen and oxygen atoms in total. The maximum Gasteiger partial charge on any atom is 0.319 e. The molecule has 0 N–H and O–H groups in total. The first kappa shape index (κ1) is 29.0. The van der Waals surface area contributed by atoms with Crippen molar-refractivity contribution in [1.82, 2.24) is 19.8 Å². The molecule has 0 spiro atoms. The summed E-state index contributed by atoms with van der Waals surface area (Å²) in [5, 5.41) is 9.44. The Hall–Kier alpha value is -3.49. The number of fused-ring (bicyclic) bond motifs is 1. The zero-order chi connectivity index (χ0) is 29.1. The average molecular weight is 579 g/mol. The largest absolute Gasteiger partial charge is 0.462 e. The summed E-state index contributed by atoms with van der Waals surface area (Å²) in [6.07, 6.45) is 4.83. The number of nitrogens with zero attached hydrogens (tertiary/aromatic N) is 6. The number of anilines is 1. The van der Waals surface area contributed by atoms with E-state index in [0.29, 0.717) is 61.1 Å². The van der Waals surface area contributed by atoms with E-state index in [4.69, 9.17) is 9.72 Å². The van der Waals surface area contributed by atoms with E-state index < -0.39 is 5.92 Å². The predicted octanol–water partition coefficient (Wildman–Crippen LogP) is 3.48. The van der Waals surface area contributed by atoms with Gasteiger partial charge in [-0.2, -0.15) is 15.2 Å². The van der Waals surface area contributed by atoms with Gasteiger partial charge in [-0.3, -0.25) is 9.59 Å². The second-order valence-corrected chi connectivity index (χ2v) is 11.5. The normalized spacial score (nSPS) is 22.8. The smallest absolute Gasteiger partial charge is 0.319 e. The summed E-state index contributed by atoms with van der Waals surface area (Å²) in [6, 6.07) is 6.93. The quantitative estimate of drug-likeness (QED) is 0.375. The Morgan fingerprint density at radius 1 is 1.27 bits per heavy atom. The molecule has 0 saturated carbocycles. The molecule has 1 amide bonds. The fourth-order valence-electron chi connectivity index (χ4n) is 6.14. The van der Waals surface area contributed by atoms with Gasteiger partial charge in [-0.05, 0) is 63.9 Å². The molecule has 3 aliphatic rings. The number of Topliss-reactive ketones (excluding diaryl/α,β-unsaturated/α-hetero) is 1. The van der Waals surface area contributed by atoms with Gasteiger partial charge in [-0.1, -0.05) is 12.6 Å². The van der Waals surface area contributed by atoms with Gasteiger partial charge in [0, 0.05) is 47.6 Å². The van der Waals surface area contributed by atoms with Crippen LogP contribution in [0.4, 0.5) is 10.2 Å². The van der Waals surface area contributed by atoms with E-state index in [0.717, 1.165) is 24.9 Å². The first-order chi connectivity index (χ1) is 19.8. The third-order valence-electron chi connectivity index (χ3n) is 8.50. The van der Waals surface area contributed by atoms with Crippen LogP contribution in [-0.2, 0) is 17.6 Å². The Morgan fingerprint density at radius 3 is 2.80 bits per heavy atom. The first-order valence-corrected chi connectivity index (χ1v) is 14.5. The van der Waals surface area contributed by atoms with Crippen LogP contribution in [0.2, 0.25) is 0 Å². The molecular weight excluding hydrogens is 543 g/mol. The number of ketones is 1. The van der Waals surface area contributed by atoms with E-state index in [1.54, 1.807) is 17.0 Å². The lowest BCUT2D eigenvalue weighted by Crippen LogP contribution is -2.55. The molecule has 2 saturated heterocycles. The number of carbonyl (C=O) groups excluding carboxylic acids is 2. The van der Waals surface area contributed by atoms with Crippen molar-refractivity contribution in [3.05, 3.63) is 53.5 Å². The third-order valence-corrected chi connectivity index (χ3v) is 8.92. The van der Waals surface area contributed by atoms with Gasteiger partial charge in [0.05, 0.1) is 18.5 Å². The Morgan fingerprint density at radius 2 is 2.10 bits per heavy atom. The molecule has 1 aromatic heterocycles. The van der Waals surface area contributed by atoms with Gasteiger partial charge >= 0.3 is 6.01 Å². The molecule has 0 bridgehead atoms. The molecule has 1 aromatic carbocycles. The number of halogens is 1. The summed E-state index contributed by atoms with van der Waals surface area (Å²) in [6.45, 7) is 6.27. The van der Waals surface area contributed by atoms with Crippen LogP contribution in [0.25, 0.3) is 0 Å². The van der Waals surface area contributed by atoms with Crippen LogP contribution in [-0.4, -0.2) is 83.4 Å².